The zero-order chi connectivity index (χ0) is 13.8. The van der Waals surface area contributed by atoms with Crippen LogP contribution in [-0.4, -0.2) is 33.0 Å². The number of rotatable bonds is 5. The van der Waals surface area contributed by atoms with Crippen molar-refractivity contribution >= 4 is 18.4 Å². The molecule has 0 atom stereocenters. The third-order valence-electron chi connectivity index (χ3n) is 2.51. The highest BCUT2D eigenvalue weighted by molar-refractivity contribution is 5.85. The van der Waals surface area contributed by atoms with Crippen LogP contribution in [0.2, 0.25) is 0 Å². The highest BCUT2D eigenvalue weighted by Gasteiger charge is 2.30. The number of hydrogen-bond donors (Lipinski definition) is 2. The molecule has 0 aromatic heterocycles. The summed E-state index contributed by atoms with van der Waals surface area (Å²) in [6.07, 6.45) is 0.139. The number of carbonyl (C=O) groups is 1. The van der Waals surface area contributed by atoms with Crippen LogP contribution in [0.4, 0.5) is 0 Å². The van der Waals surface area contributed by atoms with Gasteiger partial charge in [-0.25, -0.2) is 4.79 Å². The van der Waals surface area contributed by atoms with Crippen LogP contribution in [0.15, 0.2) is 18.2 Å². The summed E-state index contributed by atoms with van der Waals surface area (Å²) in [6, 6.07) is 5.20. The van der Waals surface area contributed by atoms with Crippen LogP contribution in [-0.2, 0) is 16.0 Å². The normalized spacial score (nSPS) is 10.4. The van der Waals surface area contributed by atoms with Gasteiger partial charge in [0, 0.05) is 6.42 Å². The summed E-state index contributed by atoms with van der Waals surface area (Å²) >= 11 is 0. The molecule has 0 saturated heterocycles. The molecular weight excluding hydrogens is 272 g/mol. The molecule has 0 aliphatic rings. The number of ether oxygens (including phenoxy) is 3. The Balaban J connectivity index is 0.00000324. The number of carbonyl (C=O) groups excluding carboxylic acids is 1. The van der Waals surface area contributed by atoms with Gasteiger partial charge in [-0.3, -0.25) is 0 Å². The molecule has 0 heterocycles. The van der Waals surface area contributed by atoms with Crippen molar-refractivity contribution in [2.75, 3.05) is 21.3 Å². The standard InChI is InChI=1S/C12H18N2O4.ClH/c1-16-9-5-4-8(6-10(9)17-2)7-12(13,14)11(15)18-3;/h4-6H,7,13-14H2,1-3H3;1H. The number of esters is 1. The van der Waals surface area contributed by atoms with Gasteiger partial charge >= 0.3 is 5.97 Å². The first-order valence-corrected chi connectivity index (χ1v) is 5.31. The van der Waals surface area contributed by atoms with E-state index in [9.17, 15) is 4.79 Å². The number of halogens is 1. The number of hydrogen-bond acceptors (Lipinski definition) is 6. The first-order chi connectivity index (χ1) is 8.44. The van der Waals surface area contributed by atoms with E-state index in [0.717, 1.165) is 5.56 Å². The Kier molecular flexibility index (Phi) is 6.61. The zero-order valence-electron chi connectivity index (χ0n) is 11.1. The quantitative estimate of drug-likeness (QED) is 0.604. The fourth-order valence-corrected chi connectivity index (χ4v) is 1.59. The Morgan fingerprint density at radius 3 is 2.21 bits per heavy atom. The molecule has 19 heavy (non-hydrogen) atoms. The molecule has 108 valence electrons. The third-order valence-corrected chi connectivity index (χ3v) is 2.51. The molecule has 0 unspecified atom stereocenters. The summed E-state index contributed by atoms with van der Waals surface area (Å²) in [4.78, 5) is 11.4. The minimum atomic E-state index is -1.56. The molecule has 1 aromatic carbocycles. The van der Waals surface area contributed by atoms with Crippen molar-refractivity contribution in [2.24, 2.45) is 11.5 Å². The van der Waals surface area contributed by atoms with E-state index in [1.807, 2.05) is 0 Å². The fraction of sp³-hybridized carbons (Fsp3) is 0.417. The second kappa shape index (κ2) is 7.18. The van der Waals surface area contributed by atoms with E-state index >= 15 is 0 Å². The molecule has 0 saturated carbocycles. The summed E-state index contributed by atoms with van der Waals surface area (Å²) < 4.78 is 14.8. The van der Waals surface area contributed by atoms with Gasteiger partial charge in [0.05, 0.1) is 21.3 Å². The topological polar surface area (TPSA) is 96.8 Å². The monoisotopic (exact) mass is 290 g/mol. The van der Waals surface area contributed by atoms with Gasteiger partial charge in [-0.1, -0.05) is 6.07 Å². The van der Waals surface area contributed by atoms with Gasteiger partial charge in [-0.2, -0.15) is 0 Å². The first kappa shape index (κ1) is 17.5. The van der Waals surface area contributed by atoms with Gasteiger partial charge in [0.1, 0.15) is 0 Å². The van der Waals surface area contributed by atoms with Crippen LogP contribution in [0.3, 0.4) is 0 Å². The zero-order valence-corrected chi connectivity index (χ0v) is 12.0. The SMILES string of the molecule is COC(=O)C(N)(N)Cc1ccc(OC)c(OC)c1.Cl. The molecule has 0 bridgehead atoms. The molecule has 1 aromatic rings. The number of methoxy groups -OCH3 is 3. The minimum Gasteiger partial charge on any atom is -0.493 e. The predicted octanol–water partition coefficient (Wildman–Crippen LogP) is 0.455. The van der Waals surface area contributed by atoms with Gasteiger partial charge in [0.2, 0.25) is 0 Å². The van der Waals surface area contributed by atoms with E-state index in [-0.39, 0.29) is 18.8 Å². The van der Waals surface area contributed by atoms with E-state index in [1.165, 1.54) is 14.2 Å². The molecule has 6 nitrogen and oxygen atoms in total. The lowest BCUT2D eigenvalue weighted by atomic mass is 10.0. The Bertz CT molecular complexity index is 438. The maximum atomic E-state index is 11.4. The van der Waals surface area contributed by atoms with Gasteiger partial charge < -0.3 is 25.7 Å². The lowest BCUT2D eigenvalue weighted by Gasteiger charge is -2.21. The molecule has 0 aliphatic heterocycles. The van der Waals surface area contributed by atoms with Gasteiger partial charge in [0.15, 0.2) is 17.2 Å². The van der Waals surface area contributed by atoms with Crippen LogP contribution in [0.1, 0.15) is 5.56 Å². The number of benzene rings is 1. The Labute approximate surface area is 118 Å². The minimum absolute atomic E-state index is 0. The van der Waals surface area contributed by atoms with Gasteiger partial charge in [-0.05, 0) is 17.7 Å². The Morgan fingerprint density at radius 2 is 1.74 bits per heavy atom. The molecule has 7 heteroatoms. The second-order valence-electron chi connectivity index (χ2n) is 3.90. The summed E-state index contributed by atoms with van der Waals surface area (Å²) in [5.74, 6) is 0.479. The molecular formula is C12H19ClN2O4. The van der Waals surface area contributed by atoms with E-state index in [2.05, 4.69) is 4.74 Å². The highest BCUT2D eigenvalue weighted by atomic mass is 35.5. The maximum absolute atomic E-state index is 11.4. The second-order valence-corrected chi connectivity index (χ2v) is 3.90. The van der Waals surface area contributed by atoms with Crippen molar-refractivity contribution in [3.05, 3.63) is 23.8 Å². The van der Waals surface area contributed by atoms with E-state index in [4.69, 9.17) is 20.9 Å². The van der Waals surface area contributed by atoms with Crippen molar-refractivity contribution in [3.8, 4) is 11.5 Å². The summed E-state index contributed by atoms with van der Waals surface area (Å²) in [7, 11) is 4.31. The largest absolute Gasteiger partial charge is 0.493 e. The van der Waals surface area contributed by atoms with Crippen LogP contribution in [0.25, 0.3) is 0 Å². The molecule has 0 amide bonds. The average molecular weight is 291 g/mol. The van der Waals surface area contributed by atoms with Crippen molar-refractivity contribution in [1.82, 2.24) is 0 Å². The van der Waals surface area contributed by atoms with E-state index in [0.29, 0.717) is 11.5 Å². The van der Waals surface area contributed by atoms with Gasteiger partial charge in [-0.15, -0.1) is 12.4 Å². The van der Waals surface area contributed by atoms with Crippen molar-refractivity contribution in [3.63, 3.8) is 0 Å². The summed E-state index contributed by atoms with van der Waals surface area (Å²) in [6.45, 7) is 0. The molecule has 0 aliphatic carbocycles. The predicted molar refractivity (Wildman–Crippen MR) is 73.6 cm³/mol. The van der Waals surface area contributed by atoms with E-state index in [1.54, 1.807) is 25.3 Å². The Morgan fingerprint density at radius 1 is 1.16 bits per heavy atom. The molecule has 0 fully saturated rings. The first-order valence-electron chi connectivity index (χ1n) is 5.31. The summed E-state index contributed by atoms with van der Waals surface area (Å²) in [5, 5.41) is 0. The van der Waals surface area contributed by atoms with Gasteiger partial charge in [0.25, 0.3) is 0 Å². The van der Waals surface area contributed by atoms with Crippen molar-refractivity contribution < 1.29 is 19.0 Å². The third kappa shape index (κ3) is 4.27. The van der Waals surface area contributed by atoms with Crippen LogP contribution in [0, 0.1) is 0 Å². The molecule has 1 rings (SSSR count). The highest BCUT2D eigenvalue weighted by Crippen LogP contribution is 2.28. The average Bonchev–Trinajstić information content (AvgIpc) is 2.36. The van der Waals surface area contributed by atoms with Crippen molar-refractivity contribution in [2.45, 2.75) is 12.1 Å². The van der Waals surface area contributed by atoms with Crippen LogP contribution >= 0.6 is 12.4 Å². The van der Waals surface area contributed by atoms with E-state index < -0.39 is 11.6 Å². The molecule has 0 radical (unpaired) electrons. The van der Waals surface area contributed by atoms with Crippen LogP contribution in [0.5, 0.6) is 11.5 Å². The fourth-order valence-electron chi connectivity index (χ4n) is 1.59. The molecule has 4 N–H and O–H groups in total. The lowest BCUT2D eigenvalue weighted by molar-refractivity contribution is -0.146. The van der Waals surface area contributed by atoms with Crippen molar-refractivity contribution in [1.29, 1.82) is 0 Å². The smallest absolute Gasteiger partial charge is 0.340 e. The maximum Gasteiger partial charge on any atom is 0.340 e. The van der Waals surface area contributed by atoms with Crippen LogP contribution < -0.4 is 20.9 Å². The Hall–Kier alpha value is -1.50. The lowest BCUT2D eigenvalue weighted by Crippen LogP contribution is -2.58. The number of nitrogens with two attached hydrogens (primary N) is 2. The summed E-state index contributed by atoms with van der Waals surface area (Å²) in [5.41, 5.74) is 10.6. The molecule has 0 spiro atoms.